The summed E-state index contributed by atoms with van der Waals surface area (Å²) in [5.41, 5.74) is 1.72. The second kappa shape index (κ2) is 7.89. The zero-order chi connectivity index (χ0) is 18.6. The number of likely N-dealkylation sites (tertiary alicyclic amines) is 1. The zero-order valence-electron chi connectivity index (χ0n) is 16.0. The highest BCUT2D eigenvalue weighted by molar-refractivity contribution is 5.85. The minimum atomic E-state index is -0.560. The molecule has 0 N–H and O–H groups in total. The van der Waals surface area contributed by atoms with Gasteiger partial charge in [0.05, 0.1) is 0 Å². The van der Waals surface area contributed by atoms with Crippen molar-refractivity contribution in [1.82, 2.24) is 9.80 Å². The highest BCUT2D eigenvalue weighted by Gasteiger charge is 2.36. The molecule has 1 fully saturated rings. The number of amides is 2. The Morgan fingerprint density at radius 2 is 1.92 bits per heavy atom. The van der Waals surface area contributed by atoms with Crippen molar-refractivity contribution in [2.75, 3.05) is 13.6 Å². The molecular formula is C20H30N2O3. The summed E-state index contributed by atoms with van der Waals surface area (Å²) < 4.78 is 5.49. The topological polar surface area (TPSA) is 49.9 Å². The van der Waals surface area contributed by atoms with E-state index < -0.39 is 17.7 Å². The quantitative estimate of drug-likeness (QED) is 0.838. The molecule has 1 saturated heterocycles. The maximum absolute atomic E-state index is 13.0. The maximum Gasteiger partial charge on any atom is 0.410 e. The molecule has 1 aliphatic heterocycles. The van der Waals surface area contributed by atoms with Crippen molar-refractivity contribution in [3.63, 3.8) is 0 Å². The van der Waals surface area contributed by atoms with Crippen molar-refractivity contribution >= 4 is 12.0 Å². The van der Waals surface area contributed by atoms with E-state index in [0.717, 1.165) is 24.0 Å². The molecule has 138 valence electrons. The summed E-state index contributed by atoms with van der Waals surface area (Å²) in [6.45, 7) is 8.69. The largest absolute Gasteiger partial charge is 0.444 e. The van der Waals surface area contributed by atoms with E-state index in [2.05, 4.69) is 0 Å². The second-order valence-electron chi connectivity index (χ2n) is 7.81. The van der Waals surface area contributed by atoms with E-state index in [9.17, 15) is 9.59 Å². The highest BCUT2D eigenvalue weighted by atomic mass is 16.6. The van der Waals surface area contributed by atoms with Crippen LogP contribution in [0.25, 0.3) is 0 Å². The van der Waals surface area contributed by atoms with E-state index in [-0.39, 0.29) is 5.91 Å². The SMILES string of the molecule is Cc1ccccc1CN(C)C(=O)[C@H]1CCCCN1C(=O)OC(C)(C)C. The standard InChI is InChI=1S/C20H30N2O3/c1-15-10-6-7-11-16(15)14-21(5)18(23)17-12-8-9-13-22(17)19(24)25-20(2,3)4/h6-7,10-11,17H,8-9,12-14H2,1-5H3/t17-/m1/s1. The van der Waals surface area contributed by atoms with Crippen LogP contribution in [0.3, 0.4) is 0 Å². The van der Waals surface area contributed by atoms with E-state index in [4.69, 9.17) is 4.74 Å². The van der Waals surface area contributed by atoms with Crippen molar-refractivity contribution < 1.29 is 14.3 Å². The first-order valence-corrected chi connectivity index (χ1v) is 8.98. The van der Waals surface area contributed by atoms with Crippen LogP contribution in [0.1, 0.15) is 51.2 Å². The van der Waals surface area contributed by atoms with Gasteiger partial charge in [0.2, 0.25) is 5.91 Å². The number of hydrogen-bond donors (Lipinski definition) is 0. The summed E-state index contributed by atoms with van der Waals surface area (Å²) in [5.74, 6) is -0.0196. The molecule has 1 heterocycles. The second-order valence-corrected chi connectivity index (χ2v) is 7.81. The normalized spacial score (nSPS) is 18.0. The molecular weight excluding hydrogens is 316 g/mol. The Hall–Kier alpha value is -2.04. The average molecular weight is 346 g/mol. The molecule has 5 heteroatoms. The van der Waals surface area contributed by atoms with Gasteiger partial charge in [-0.3, -0.25) is 9.69 Å². The Morgan fingerprint density at radius 1 is 1.24 bits per heavy atom. The van der Waals surface area contributed by atoms with Crippen LogP contribution in [-0.2, 0) is 16.1 Å². The molecule has 0 saturated carbocycles. The van der Waals surface area contributed by atoms with Gasteiger partial charge in [0.25, 0.3) is 0 Å². The lowest BCUT2D eigenvalue weighted by atomic mass is 10.0. The molecule has 2 rings (SSSR count). The van der Waals surface area contributed by atoms with Crippen LogP contribution in [-0.4, -0.2) is 47.0 Å². The number of nitrogens with zero attached hydrogens (tertiary/aromatic N) is 2. The maximum atomic E-state index is 13.0. The fourth-order valence-electron chi connectivity index (χ4n) is 3.10. The van der Waals surface area contributed by atoms with Crippen LogP contribution < -0.4 is 0 Å². The van der Waals surface area contributed by atoms with Gasteiger partial charge in [-0.2, -0.15) is 0 Å². The van der Waals surface area contributed by atoms with Gasteiger partial charge in [-0.25, -0.2) is 4.79 Å². The lowest BCUT2D eigenvalue weighted by molar-refractivity contribution is -0.137. The van der Waals surface area contributed by atoms with Crippen molar-refractivity contribution in [3.8, 4) is 0 Å². The van der Waals surface area contributed by atoms with Crippen LogP contribution in [0, 0.1) is 6.92 Å². The summed E-state index contributed by atoms with van der Waals surface area (Å²) in [6.07, 6.45) is 2.16. The zero-order valence-corrected chi connectivity index (χ0v) is 16.0. The van der Waals surface area contributed by atoms with E-state index in [0.29, 0.717) is 19.5 Å². The highest BCUT2D eigenvalue weighted by Crippen LogP contribution is 2.22. The summed E-state index contributed by atoms with van der Waals surface area (Å²) >= 11 is 0. The lowest BCUT2D eigenvalue weighted by Crippen LogP contribution is -2.53. The fraction of sp³-hybridized carbons (Fsp3) is 0.600. The fourth-order valence-corrected chi connectivity index (χ4v) is 3.10. The van der Waals surface area contributed by atoms with Crippen LogP contribution in [0.15, 0.2) is 24.3 Å². The molecule has 0 spiro atoms. The molecule has 25 heavy (non-hydrogen) atoms. The molecule has 0 radical (unpaired) electrons. The Labute approximate surface area is 150 Å². The predicted octanol–water partition coefficient (Wildman–Crippen LogP) is 3.74. The molecule has 5 nitrogen and oxygen atoms in total. The number of aryl methyl sites for hydroxylation is 1. The number of hydrogen-bond acceptors (Lipinski definition) is 3. The molecule has 0 aliphatic carbocycles. The number of piperidine rings is 1. The summed E-state index contributed by atoms with van der Waals surface area (Å²) in [4.78, 5) is 28.8. The van der Waals surface area contributed by atoms with Gasteiger partial charge in [0, 0.05) is 20.1 Å². The molecule has 2 amide bonds. The van der Waals surface area contributed by atoms with Gasteiger partial charge >= 0.3 is 6.09 Å². The summed E-state index contributed by atoms with van der Waals surface area (Å²) in [5, 5.41) is 0. The Bertz CT molecular complexity index is 622. The third-order valence-electron chi connectivity index (χ3n) is 4.46. The molecule has 1 aliphatic rings. The van der Waals surface area contributed by atoms with Gasteiger partial charge in [0.1, 0.15) is 11.6 Å². The van der Waals surface area contributed by atoms with E-state index >= 15 is 0 Å². The van der Waals surface area contributed by atoms with E-state index in [1.54, 1.807) is 16.8 Å². The molecule has 1 aromatic carbocycles. The molecule has 1 atom stereocenters. The van der Waals surface area contributed by atoms with E-state index in [1.807, 2.05) is 52.0 Å². The first-order chi connectivity index (χ1) is 11.7. The lowest BCUT2D eigenvalue weighted by Gasteiger charge is -2.37. The molecule has 1 aromatic rings. The number of likely N-dealkylation sites (N-methyl/N-ethyl adjacent to an activating group) is 1. The average Bonchev–Trinajstić information content (AvgIpc) is 2.54. The number of carbonyl (C=O) groups is 2. The van der Waals surface area contributed by atoms with E-state index in [1.165, 1.54) is 0 Å². The monoisotopic (exact) mass is 346 g/mol. The van der Waals surface area contributed by atoms with Gasteiger partial charge in [-0.1, -0.05) is 24.3 Å². The van der Waals surface area contributed by atoms with Gasteiger partial charge in [0.15, 0.2) is 0 Å². The minimum absolute atomic E-state index is 0.0196. The van der Waals surface area contributed by atoms with Crippen molar-refractivity contribution in [1.29, 1.82) is 0 Å². The number of rotatable bonds is 3. The van der Waals surface area contributed by atoms with Crippen LogP contribution in [0.4, 0.5) is 4.79 Å². The Morgan fingerprint density at radius 3 is 2.56 bits per heavy atom. The predicted molar refractivity (Wildman–Crippen MR) is 98.2 cm³/mol. The number of benzene rings is 1. The molecule has 0 unspecified atom stereocenters. The van der Waals surface area contributed by atoms with Gasteiger partial charge in [-0.15, -0.1) is 0 Å². The smallest absolute Gasteiger partial charge is 0.410 e. The minimum Gasteiger partial charge on any atom is -0.444 e. The van der Waals surface area contributed by atoms with Crippen molar-refractivity contribution in [3.05, 3.63) is 35.4 Å². The third kappa shape index (κ3) is 5.21. The number of carbonyl (C=O) groups excluding carboxylic acids is 2. The Kier molecular flexibility index (Phi) is 6.09. The summed E-state index contributed by atoms with van der Waals surface area (Å²) in [6, 6.07) is 7.62. The number of ether oxygens (including phenoxy) is 1. The summed E-state index contributed by atoms with van der Waals surface area (Å²) in [7, 11) is 1.80. The van der Waals surface area contributed by atoms with Crippen LogP contribution in [0.2, 0.25) is 0 Å². The van der Waals surface area contributed by atoms with Crippen LogP contribution >= 0.6 is 0 Å². The van der Waals surface area contributed by atoms with Crippen molar-refractivity contribution in [2.24, 2.45) is 0 Å². The van der Waals surface area contributed by atoms with Gasteiger partial charge < -0.3 is 9.64 Å². The first-order valence-electron chi connectivity index (χ1n) is 8.98. The Balaban J connectivity index is 2.09. The van der Waals surface area contributed by atoms with Crippen LogP contribution in [0.5, 0.6) is 0 Å². The first kappa shape index (κ1) is 19.3. The third-order valence-corrected chi connectivity index (χ3v) is 4.46. The van der Waals surface area contributed by atoms with Crippen molar-refractivity contribution in [2.45, 2.75) is 65.1 Å². The molecule has 0 bridgehead atoms. The van der Waals surface area contributed by atoms with Gasteiger partial charge in [-0.05, 0) is 58.1 Å². The molecule has 0 aromatic heterocycles.